The minimum atomic E-state index is 0.130. The van der Waals surface area contributed by atoms with Crippen LogP contribution in [0.1, 0.15) is 66.6 Å². The van der Waals surface area contributed by atoms with Gasteiger partial charge in [-0.25, -0.2) is 0 Å². The zero-order valence-corrected chi connectivity index (χ0v) is 17.2. The molecular formula is C21H32N6O. The van der Waals surface area contributed by atoms with E-state index in [2.05, 4.69) is 26.7 Å². The highest BCUT2D eigenvalue weighted by atomic mass is 16.2. The summed E-state index contributed by atoms with van der Waals surface area (Å²) in [5, 5.41) is 9.05. The highest BCUT2D eigenvalue weighted by molar-refractivity contribution is 5.92. The molecule has 0 atom stereocenters. The molecule has 0 saturated carbocycles. The van der Waals surface area contributed by atoms with E-state index in [1.165, 1.54) is 38.8 Å². The Labute approximate surface area is 167 Å². The Morgan fingerprint density at radius 2 is 1.75 bits per heavy atom. The summed E-state index contributed by atoms with van der Waals surface area (Å²) in [6.45, 7) is 4.80. The van der Waals surface area contributed by atoms with E-state index in [0.29, 0.717) is 5.92 Å². The fourth-order valence-corrected chi connectivity index (χ4v) is 4.55. The molecule has 0 unspecified atom stereocenters. The van der Waals surface area contributed by atoms with E-state index in [1.807, 2.05) is 34.8 Å². The molecule has 2 aliphatic heterocycles. The number of aryl methyl sites for hydroxylation is 1. The number of carbonyl (C=O) groups is 1. The summed E-state index contributed by atoms with van der Waals surface area (Å²) in [6.07, 6.45) is 9.10. The Kier molecular flexibility index (Phi) is 5.80. The molecule has 4 heterocycles. The van der Waals surface area contributed by atoms with Crippen LogP contribution in [-0.2, 0) is 20.6 Å². The third-order valence-electron chi connectivity index (χ3n) is 6.37. The smallest absolute Gasteiger partial charge is 0.270 e. The second-order valence-electron chi connectivity index (χ2n) is 8.29. The molecule has 0 N–H and O–H groups in total. The molecule has 2 fully saturated rings. The van der Waals surface area contributed by atoms with Gasteiger partial charge in [-0.05, 0) is 50.9 Å². The third kappa shape index (κ3) is 3.99. The summed E-state index contributed by atoms with van der Waals surface area (Å²) in [7, 11) is 4.02. The standard InChI is InChI=1S/C21H32N6O/c1-24-11-7-8-18(24)21(28)27-14-9-17(10-15-27)20-23-22-19(25(20)2)16-26-12-5-3-4-6-13-26/h7-8,11,17H,3-6,9-10,12-16H2,1-2H3. The van der Waals surface area contributed by atoms with Crippen molar-refractivity contribution in [1.82, 2.24) is 29.1 Å². The molecule has 4 rings (SSSR count). The molecule has 7 nitrogen and oxygen atoms in total. The van der Waals surface area contributed by atoms with Crippen LogP contribution in [0.15, 0.2) is 18.3 Å². The van der Waals surface area contributed by atoms with Gasteiger partial charge in [0.1, 0.15) is 17.3 Å². The van der Waals surface area contributed by atoms with Crippen molar-refractivity contribution < 1.29 is 4.79 Å². The third-order valence-corrected chi connectivity index (χ3v) is 6.37. The first kappa shape index (κ1) is 19.2. The normalized spacial score (nSPS) is 19.7. The molecule has 2 saturated heterocycles. The second kappa shape index (κ2) is 8.47. The maximum absolute atomic E-state index is 12.7. The van der Waals surface area contributed by atoms with Gasteiger partial charge in [0.15, 0.2) is 0 Å². The van der Waals surface area contributed by atoms with Crippen LogP contribution < -0.4 is 0 Å². The molecule has 2 aliphatic rings. The van der Waals surface area contributed by atoms with Crippen molar-refractivity contribution in [2.75, 3.05) is 26.2 Å². The predicted molar refractivity (Wildman–Crippen MR) is 108 cm³/mol. The predicted octanol–water partition coefficient (Wildman–Crippen LogP) is 2.55. The fraction of sp³-hybridized carbons (Fsp3) is 0.667. The molecule has 28 heavy (non-hydrogen) atoms. The number of carbonyl (C=O) groups excluding carboxylic acids is 1. The lowest BCUT2D eigenvalue weighted by molar-refractivity contribution is 0.0700. The topological polar surface area (TPSA) is 59.2 Å². The maximum Gasteiger partial charge on any atom is 0.270 e. The van der Waals surface area contributed by atoms with Crippen LogP contribution in [0, 0.1) is 0 Å². The molecule has 0 bridgehead atoms. The van der Waals surface area contributed by atoms with Crippen molar-refractivity contribution in [1.29, 1.82) is 0 Å². The van der Waals surface area contributed by atoms with Gasteiger partial charge in [-0.15, -0.1) is 10.2 Å². The van der Waals surface area contributed by atoms with Crippen molar-refractivity contribution in [3.05, 3.63) is 35.7 Å². The molecular weight excluding hydrogens is 352 g/mol. The highest BCUT2D eigenvalue weighted by Crippen LogP contribution is 2.28. The average molecular weight is 385 g/mol. The fourth-order valence-electron chi connectivity index (χ4n) is 4.55. The monoisotopic (exact) mass is 384 g/mol. The largest absolute Gasteiger partial charge is 0.347 e. The van der Waals surface area contributed by atoms with Crippen LogP contribution in [-0.4, -0.2) is 61.2 Å². The summed E-state index contributed by atoms with van der Waals surface area (Å²) < 4.78 is 4.09. The lowest BCUT2D eigenvalue weighted by Gasteiger charge is -2.31. The Hall–Kier alpha value is -2.15. The average Bonchev–Trinajstić information content (AvgIpc) is 3.19. The summed E-state index contributed by atoms with van der Waals surface area (Å²) in [5.74, 6) is 2.66. The number of rotatable bonds is 4. The van der Waals surface area contributed by atoms with Crippen LogP contribution in [0.4, 0.5) is 0 Å². The summed E-state index contributed by atoms with van der Waals surface area (Å²) in [4.78, 5) is 17.2. The Balaban J connectivity index is 1.36. The second-order valence-corrected chi connectivity index (χ2v) is 8.29. The number of nitrogens with zero attached hydrogens (tertiary/aromatic N) is 6. The van der Waals surface area contributed by atoms with E-state index < -0.39 is 0 Å². The van der Waals surface area contributed by atoms with Gasteiger partial charge in [0.2, 0.25) is 0 Å². The Morgan fingerprint density at radius 3 is 2.39 bits per heavy atom. The quantitative estimate of drug-likeness (QED) is 0.813. The van der Waals surface area contributed by atoms with Gasteiger partial charge >= 0.3 is 0 Å². The zero-order chi connectivity index (χ0) is 19.5. The minimum absolute atomic E-state index is 0.130. The molecule has 2 aromatic rings. The van der Waals surface area contributed by atoms with Gasteiger partial charge in [-0.3, -0.25) is 9.69 Å². The first-order chi connectivity index (χ1) is 13.6. The number of likely N-dealkylation sites (tertiary alicyclic amines) is 2. The number of piperidine rings is 1. The van der Waals surface area contributed by atoms with Gasteiger partial charge < -0.3 is 14.0 Å². The van der Waals surface area contributed by atoms with Gasteiger partial charge in [-0.1, -0.05) is 12.8 Å². The van der Waals surface area contributed by atoms with Gasteiger partial charge in [0.25, 0.3) is 5.91 Å². The van der Waals surface area contributed by atoms with Crippen molar-refractivity contribution in [2.45, 2.75) is 51.0 Å². The molecule has 0 aromatic carbocycles. The first-order valence-electron chi connectivity index (χ1n) is 10.6. The van der Waals surface area contributed by atoms with E-state index in [0.717, 1.165) is 49.8 Å². The van der Waals surface area contributed by atoms with Crippen LogP contribution in [0.25, 0.3) is 0 Å². The lowest BCUT2D eigenvalue weighted by Crippen LogP contribution is -2.39. The van der Waals surface area contributed by atoms with Crippen molar-refractivity contribution in [3.63, 3.8) is 0 Å². The van der Waals surface area contributed by atoms with Gasteiger partial charge in [0.05, 0.1) is 6.54 Å². The number of hydrogen-bond acceptors (Lipinski definition) is 4. The number of amides is 1. The molecule has 0 radical (unpaired) electrons. The molecule has 7 heteroatoms. The molecule has 0 spiro atoms. The van der Waals surface area contributed by atoms with E-state index in [4.69, 9.17) is 0 Å². The molecule has 152 valence electrons. The van der Waals surface area contributed by atoms with Crippen molar-refractivity contribution in [2.24, 2.45) is 14.1 Å². The summed E-state index contributed by atoms with van der Waals surface area (Å²) in [6, 6.07) is 3.82. The zero-order valence-electron chi connectivity index (χ0n) is 17.2. The van der Waals surface area contributed by atoms with E-state index >= 15 is 0 Å². The van der Waals surface area contributed by atoms with E-state index in [9.17, 15) is 4.79 Å². The van der Waals surface area contributed by atoms with Gasteiger partial charge in [-0.2, -0.15) is 0 Å². The first-order valence-corrected chi connectivity index (χ1v) is 10.6. The van der Waals surface area contributed by atoms with E-state index in [1.54, 1.807) is 0 Å². The Morgan fingerprint density at radius 1 is 1.04 bits per heavy atom. The number of aromatic nitrogens is 4. The van der Waals surface area contributed by atoms with Crippen LogP contribution >= 0.6 is 0 Å². The summed E-state index contributed by atoms with van der Waals surface area (Å²) >= 11 is 0. The van der Waals surface area contributed by atoms with Crippen molar-refractivity contribution in [3.8, 4) is 0 Å². The van der Waals surface area contributed by atoms with Gasteiger partial charge in [0, 0.05) is 39.3 Å². The lowest BCUT2D eigenvalue weighted by atomic mass is 9.95. The van der Waals surface area contributed by atoms with Crippen LogP contribution in [0.3, 0.4) is 0 Å². The maximum atomic E-state index is 12.7. The Bertz CT molecular complexity index is 794. The van der Waals surface area contributed by atoms with Crippen molar-refractivity contribution >= 4 is 5.91 Å². The molecule has 0 aliphatic carbocycles. The molecule has 2 aromatic heterocycles. The SMILES string of the molecule is Cn1cccc1C(=O)N1CCC(c2nnc(CN3CCCCCC3)n2C)CC1. The highest BCUT2D eigenvalue weighted by Gasteiger charge is 2.28. The minimum Gasteiger partial charge on any atom is -0.347 e. The molecule has 1 amide bonds. The summed E-state index contributed by atoms with van der Waals surface area (Å²) in [5.41, 5.74) is 0.761. The number of hydrogen-bond donors (Lipinski definition) is 0. The van der Waals surface area contributed by atoms with Crippen LogP contribution in [0.5, 0.6) is 0 Å². The van der Waals surface area contributed by atoms with E-state index in [-0.39, 0.29) is 5.91 Å². The van der Waals surface area contributed by atoms with Crippen LogP contribution in [0.2, 0.25) is 0 Å².